The first-order valence-electron chi connectivity index (χ1n) is 6.83. The Hall–Kier alpha value is -1.46. The Balaban J connectivity index is 0.00000220. The second kappa shape index (κ2) is 8.74. The van der Waals surface area contributed by atoms with E-state index in [0.29, 0.717) is 5.02 Å². The van der Waals surface area contributed by atoms with Crippen LogP contribution in [0.3, 0.4) is 0 Å². The van der Waals surface area contributed by atoms with Crippen molar-refractivity contribution in [3.05, 3.63) is 29.3 Å². The lowest BCUT2D eigenvalue weighted by molar-refractivity contribution is 0.443. The molecule has 7 heteroatoms. The maximum absolute atomic E-state index is 5.81. The third-order valence-electron chi connectivity index (χ3n) is 3.24. The summed E-state index contributed by atoms with van der Waals surface area (Å²) in [5.74, 6) is 0.459. The smallest absolute Gasteiger partial charge is 0.218 e. The molecule has 1 aliphatic carbocycles. The van der Waals surface area contributed by atoms with E-state index in [4.69, 9.17) is 23.1 Å². The molecule has 0 heterocycles. The van der Waals surface area contributed by atoms with E-state index in [9.17, 15) is 0 Å². The summed E-state index contributed by atoms with van der Waals surface area (Å²) in [6.45, 7) is 0. The number of nitrogens with one attached hydrogen (secondary N) is 1. The van der Waals surface area contributed by atoms with Gasteiger partial charge in [0.15, 0.2) is 0 Å². The fourth-order valence-electron chi connectivity index (χ4n) is 2.26. The van der Waals surface area contributed by atoms with Crippen LogP contribution in [0.1, 0.15) is 32.1 Å². The lowest BCUT2D eigenvalue weighted by Gasteiger charge is -2.17. The van der Waals surface area contributed by atoms with Crippen LogP contribution in [-0.2, 0) is 0 Å². The third-order valence-corrected chi connectivity index (χ3v) is 3.49. The molecule has 21 heavy (non-hydrogen) atoms. The van der Waals surface area contributed by atoms with Crippen LogP contribution < -0.4 is 16.8 Å². The highest BCUT2D eigenvalue weighted by Gasteiger charge is 2.12. The fraction of sp³-hybridized carbons (Fsp3) is 0.429. The van der Waals surface area contributed by atoms with E-state index in [1.165, 1.54) is 19.3 Å². The van der Waals surface area contributed by atoms with E-state index in [2.05, 4.69) is 15.3 Å². The van der Waals surface area contributed by atoms with Crippen molar-refractivity contribution in [1.29, 1.82) is 0 Å². The second-order valence-corrected chi connectivity index (χ2v) is 5.34. The highest BCUT2D eigenvalue weighted by atomic mass is 35.5. The summed E-state index contributed by atoms with van der Waals surface area (Å²) in [4.78, 5) is 8.46. The predicted molar refractivity (Wildman–Crippen MR) is 92.4 cm³/mol. The van der Waals surface area contributed by atoms with Gasteiger partial charge >= 0.3 is 0 Å². The molecule has 1 aromatic carbocycles. The zero-order chi connectivity index (χ0) is 14.4. The molecule has 0 aliphatic heterocycles. The third kappa shape index (κ3) is 6.23. The number of nitrogens with zero attached hydrogens (tertiary/aromatic N) is 2. The van der Waals surface area contributed by atoms with Gasteiger partial charge in [-0.1, -0.05) is 30.9 Å². The van der Waals surface area contributed by atoms with Crippen LogP contribution in [-0.4, -0.2) is 18.0 Å². The molecule has 116 valence electrons. The summed E-state index contributed by atoms with van der Waals surface area (Å²) in [7, 11) is 0. The van der Waals surface area contributed by atoms with Crippen molar-refractivity contribution in [3.63, 3.8) is 0 Å². The average Bonchev–Trinajstić information content (AvgIpc) is 2.42. The number of aliphatic imine (C=N–C) groups is 2. The normalized spacial score (nSPS) is 17.2. The van der Waals surface area contributed by atoms with E-state index >= 15 is 0 Å². The topological polar surface area (TPSA) is 88.8 Å². The quantitative estimate of drug-likeness (QED) is 0.575. The summed E-state index contributed by atoms with van der Waals surface area (Å²) in [6, 6.07) is 7.47. The number of hydrogen-bond donors (Lipinski definition) is 3. The van der Waals surface area contributed by atoms with Crippen LogP contribution in [0.5, 0.6) is 0 Å². The minimum atomic E-state index is 0. The molecule has 1 aliphatic rings. The van der Waals surface area contributed by atoms with Gasteiger partial charge in [-0.2, -0.15) is 4.99 Å². The summed E-state index contributed by atoms with van der Waals surface area (Å²) in [5, 5.41) is 3.62. The molecule has 1 saturated carbocycles. The Morgan fingerprint density at radius 3 is 2.33 bits per heavy atom. The molecule has 0 saturated heterocycles. The highest BCUT2D eigenvalue weighted by Crippen LogP contribution is 2.20. The monoisotopic (exact) mass is 329 g/mol. The maximum Gasteiger partial charge on any atom is 0.218 e. The summed E-state index contributed by atoms with van der Waals surface area (Å²) >= 11 is 5.81. The SMILES string of the molecule is Cl.NC(=NC1CCCCC1)/N=C(/N)Nc1ccc(Cl)cc1. The number of halogens is 2. The standard InChI is InChI=1S/C14H20ClN5.ClH/c15-10-6-8-12(9-7-10)19-14(17)20-13(16)18-11-4-2-1-3-5-11;/h6-9,11H,1-5H2,(H5,16,17,18,19,20);1H. The van der Waals surface area contributed by atoms with Gasteiger partial charge in [0.2, 0.25) is 11.9 Å². The van der Waals surface area contributed by atoms with Crippen molar-refractivity contribution in [2.45, 2.75) is 38.1 Å². The van der Waals surface area contributed by atoms with E-state index in [0.717, 1.165) is 18.5 Å². The minimum Gasteiger partial charge on any atom is -0.369 e. The number of hydrogen-bond acceptors (Lipinski definition) is 1. The Morgan fingerprint density at radius 1 is 1.10 bits per heavy atom. The van der Waals surface area contributed by atoms with Crippen LogP contribution in [0.25, 0.3) is 0 Å². The molecule has 0 spiro atoms. The molecule has 0 aromatic heterocycles. The first-order valence-corrected chi connectivity index (χ1v) is 7.21. The van der Waals surface area contributed by atoms with Gasteiger partial charge in [-0.15, -0.1) is 12.4 Å². The maximum atomic E-state index is 5.81. The molecular weight excluding hydrogens is 309 g/mol. The zero-order valence-electron chi connectivity index (χ0n) is 11.8. The van der Waals surface area contributed by atoms with Crippen LogP contribution in [0.4, 0.5) is 5.69 Å². The van der Waals surface area contributed by atoms with Crippen LogP contribution >= 0.6 is 24.0 Å². The Kier molecular flexibility index (Phi) is 7.32. The molecule has 1 fully saturated rings. The molecular formula is C14H21Cl2N5. The molecule has 0 unspecified atom stereocenters. The number of anilines is 1. The summed E-state index contributed by atoms with van der Waals surface area (Å²) in [6.07, 6.45) is 5.88. The predicted octanol–water partition coefficient (Wildman–Crippen LogP) is 3.14. The van der Waals surface area contributed by atoms with Crippen molar-refractivity contribution in [2.24, 2.45) is 21.5 Å². The zero-order valence-corrected chi connectivity index (χ0v) is 13.3. The molecule has 1 aromatic rings. The van der Waals surface area contributed by atoms with Gasteiger partial charge in [-0.25, -0.2) is 4.99 Å². The van der Waals surface area contributed by atoms with Crippen molar-refractivity contribution in [3.8, 4) is 0 Å². The Labute approximate surface area is 136 Å². The van der Waals surface area contributed by atoms with Gasteiger partial charge < -0.3 is 16.8 Å². The molecule has 0 radical (unpaired) electrons. The number of guanidine groups is 2. The lowest BCUT2D eigenvalue weighted by atomic mass is 9.96. The second-order valence-electron chi connectivity index (χ2n) is 4.91. The number of rotatable bonds is 2. The summed E-state index contributed by atoms with van der Waals surface area (Å²) in [5.41, 5.74) is 12.4. The van der Waals surface area contributed by atoms with Gasteiger partial charge in [0.05, 0.1) is 6.04 Å². The summed E-state index contributed by atoms with van der Waals surface area (Å²) < 4.78 is 0. The lowest BCUT2D eigenvalue weighted by Crippen LogP contribution is -2.27. The van der Waals surface area contributed by atoms with E-state index in [1.807, 2.05) is 12.1 Å². The van der Waals surface area contributed by atoms with Gasteiger partial charge in [-0.3, -0.25) is 0 Å². The Morgan fingerprint density at radius 2 is 1.71 bits per heavy atom. The Bertz CT molecular complexity index is 493. The van der Waals surface area contributed by atoms with Crippen LogP contribution in [0, 0.1) is 0 Å². The van der Waals surface area contributed by atoms with E-state index in [-0.39, 0.29) is 30.4 Å². The molecule has 0 atom stereocenters. The first-order chi connectivity index (χ1) is 9.63. The molecule has 5 N–H and O–H groups in total. The van der Waals surface area contributed by atoms with Gasteiger partial charge in [0, 0.05) is 10.7 Å². The fourth-order valence-corrected chi connectivity index (χ4v) is 2.38. The van der Waals surface area contributed by atoms with Gasteiger partial charge in [0.25, 0.3) is 0 Å². The van der Waals surface area contributed by atoms with E-state index in [1.54, 1.807) is 12.1 Å². The van der Waals surface area contributed by atoms with Gasteiger partial charge in [0.1, 0.15) is 0 Å². The highest BCUT2D eigenvalue weighted by molar-refractivity contribution is 6.30. The van der Waals surface area contributed by atoms with Crippen LogP contribution in [0.15, 0.2) is 34.3 Å². The van der Waals surface area contributed by atoms with E-state index < -0.39 is 0 Å². The van der Waals surface area contributed by atoms with Gasteiger partial charge in [-0.05, 0) is 37.1 Å². The van der Waals surface area contributed by atoms with Crippen molar-refractivity contribution in [1.82, 2.24) is 0 Å². The van der Waals surface area contributed by atoms with Crippen molar-refractivity contribution in [2.75, 3.05) is 5.32 Å². The average molecular weight is 330 g/mol. The van der Waals surface area contributed by atoms with Crippen LogP contribution in [0.2, 0.25) is 5.02 Å². The van der Waals surface area contributed by atoms with Crippen molar-refractivity contribution < 1.29 is 0 Å². The van der Waals surface area contributed by atoms with Crippen molar-refractivity contribution >= 4 is 41.6 Å². The molecule has 0 amide bonds. The molecule has 2 rings (SSSR count). The largest absolute Gasteiger partial charge is 0.369 e. The molecule has 5 nitrogen and oxygen atoms in total. The first kappa shape index (κ1) is 17.6. The number of nitrogens with two attached hydrogens (primary N) is 2. The number of benzene rings is 1. The minimum absolute atomic E-state index is 0. The molecule has 0 bridgehead atoms.